The summed E-state index contributed by atoms with van der Waals surface area (Å²) in [6.07, 6.45) is 18.2. The minimum absolute atomic E-state index is 0.0154. The maximum atomic E-state index is 8.91. The molecule has 0 saturated carbocycles. The van der Waals surface area contributed by atoms with Crippen molar-refractivity contribution in [1.29, 1.82) is 0 Å². The van der Waals surface area contributed by atoms with E-state index in [4.69, 9.17) is 5.11 Å². The number of aliphatic hydroxyl groups is 1. The molecule has 0 aliphatic heterocycles. The van der Waals surface area contributed by atoms with Crippen molar-refractivity contribution in [2.75, 3.05) is 0 Å². The second-order valence-corrected chi connectivity index (χ2v) is 6.02. The summed E-state index contributed by atoms with van der Waals surface area (Å²) in [6, 6.07) is 0. The van der Waals surface area contributed by atoms with Gasteiger partial charge >= 0.3 is 0 Å². The lowest BCUT2D eigenvalue weighted by Gasteiger charge is -2.03. The Balaban J connectivity index is 1.80. The van der Waals surface area contributed by atoms with Gasteiger partial charge in [-0.1, -0.05) is 82.8 Å². The van der Waals surface area contributed by atoms with Crippen LogP contribution in [0.15, 0.2) is 6.20 Å². The molecule has 122 valence electrons. The maximum Gasteiger partial charge on any atom is 0.108 e. The molecule has 0 saturated heterocycles. The Labute approximate surface area is 129 Å². The first kappa shape index (κ1) is 18.1. The molecular formula is C17H33N3O. The fourth-order valence-corrected chi connectivity index (χ4v) is 2.64. The topological polar surface area (TPSA) is 50.9 Å². The zero-order valence-corrected chi connectivity index (χ0v) is 13.8. The second-order valence-electron chi connectivity index (χ2n) is 6.02. The van der Waals surface area contributed by atoms with E-state index >= 15 is 0 Å². The van der Waals surface area contributed by atoms with Gasteiger partial charge in [-0.2, -0.15) is 0 Å². The van der Waals surface area contributed by atoms with E-state index in [1.54, 1.807) is 0 Å². The summed E-state index contributed by atoms with van der Waals surface area (Å²) < 4.78 is 1.84. The normalized spacial score (nSPS) is 11.1. The van der Waals surface area contributed by atoms with Crippen LogP contribution in [0.4, 0.5) is 0 Å². The average molecular weight is 295 g/mol. The van der Waals surface area contributed by atoms with Gasteiger partial charge in [-0.3, -0.25) is 4.68 Å². The molecule has 1 aromatic rings. The lowest BCUT2D eigenvalue weighted by atomic mass is 10.1. The van der Waals surface area contributed by atoms with Crippen molar-refractivity contribution in [2.45, 2.75) is 97.1 Å². The highest BCUT2D eigenvalue weighted by Crippen LogP contribution is 2.12. The Morgan fingerprint density at radius 1 is 0.857 bits per heavy atom. The molecule has 0 atom stereocenters. The fraction of sp³-hybridized carbons (Fsp3) is 0.882. The van der Waals surface area contributed by atoms with Crippen molar-refractivity contribution < 1.29 is 5.11 Å². The lowest BCUT2D eigenvalue weighted by Crippen LogP contribution is -1.98. The second kappa shape index (κ2) is 12.8. The van der Waals surface area contributed by atoms with Gasteiger partial charge in [0.15, 0.2) is 0 Å². The first-order valence-corrected chi connectivity index (χ1v) is 8.86. The van der Waals surface area contributed by atoms with Crippen LogP contribution in [0.25, 0.3) is 0 Å². The summed E-state index contributed by atoms with van der Waals surface area (Å²) in [5.74, 6) is 0. The SMILES string of the molecule is CCCCCCCCCCCCCCn1cc(CO)nn1. The largest absolute Gasteiger partial charge is 0.390 e. The molecule has 0 spiro atoms. The minimum Gasteiger partial charge on any atom is -0.390 e. The van der Waals surface area contributed by atoms with E-state index in [0.29, 0.717) is 5.69 Å². The molecule has 1 N–H and O–H groups in total. The number of aromatic nitrogens is 3. The van der Waals surface area contributed by atoms with Crippen LogP contribution < -0.4 is 0 Å². The summed E-state index contributed by atoms with van der Waals surface area (Å²) >= 11 is 0. The number of hydrogen-bond donors (Lipinski definition) is 1. The average Bonchev–Trinajstić information content (AvgIpc) is 2.96. The van der Waals surface area contributed by atoms with Crippen LogP contribution in [-0.2, 0) is 13.2 Å². The number of hydrogen-bond acceptors (Lipinski definition) is 3. The van der Waals surface area contributed by atoms with E-state index in [2.05, 4.69) is 17.2 Å². The first-order chi connectivity index (χ1) is 10.4. The molecule has 0 aliphatic rings. The predicted molar refractivity (Wildman–Crippen MR) is 87.0 cm³/mol. The summed E-state index contributed by atoms with van der Waals surface area (Å²) in [6.45, 7) is 3.18. The van der Waals surface area contributed by atoms with Crippen LogP contribution in [0.3, 0.4) is 0 Å². The van der Waals surface area contributed by atoms with Crippen LogP contribution >= 0.6 is 0 Å². The van der Waals surface area contributed by atoms with E-state index < -0.39 is 0 Å². The van der Waals surface area contributed by atoms with Gasteiger partial charge in [-0.25, -0.2) is 0 Å². The summed E-state index contributed by atoms with van der Waals surface area (Å²) in [7, 11) is 0. The maximum absolute atomic E-state index is 8.91. The van der Waals surface area contributed by atoms with Crippen LogP contribution in [0, 0.1) is 0 Å². The Morgan fingerprint density at radius 3 is 1.86 bits per heavy atom. The van der Waals surface area contributed by atoms with Gasteiger partial charge in [0.05, 0.1) is 12.8 Å². The van der Waals surface area contributed by atoms with Crippen LogP contribution in [0.1, 0.15) is 89.7 Å². The Bertz CT molecular complexity index is 339. The highest BCUT2D eigenvalue weighted by molar-refractivity contribution is 4.88. The Morgan fingerprint density at radius 2 is 1.38 bits per heavy atom. The Kier molecular flexibility index (Phi) is 11.1. The van der Waals surface area contributed by atoms with Gasteiger partial charge in [0.1, 0.15) is 5.69 Å². The van der Waals surface area contributed by atoms with Gasteiger partial charge in [0.2, 0.25) is 0 Å². The molecular weight excluding hydrogens is 262 g/mol. The van der Waals surface area contributed by atoms with Gasteiger partial charge in [0, 0.05) is 6.54 Å². The van der Waals surface area contributed by atoms with Gasteiger partial charge in [-0.05, 0) is 6.42 Å². The quantitative estimate of drug-likeness (QED) is 0.515. The highest BCUT2D eigenvalue weighted by Gasteiger charge is 1.98. The zero-order valence-electron chi connectivity index (χ0n) is 13.8. The van der Waals surface area contributed by atoms with E-state index in [-0.39, 0.29) is 6.61 Å². The molecule has 4 nitrogen and oxygen atoms in total. The first-order valence-electron chi connectivity index (χ1n) is 8.86. The highest BCUT2D eigenvalue weighted by atomic mass is 16.3. The fourth-order valence-electron chi connectivity index (χ4n) is 2.64. The number of aryl methyl sites for hydroxylation is 1. The molecule has 0 amide bonds. The summed E-state index contributed by atoms with van der Waals surface area (Å²) in [4.78, 5) is 0. The van der Waals surface area contributed by atoms with Crippen LogP contribution in [-0.4, -0.2) is 20.1 Å². The molecule has 0 radical (unpaired) electrons. The molecule has 21 heavy (non-hydrogen) atoms. The molecule has 0 aromatic carbocycles. The Hall–Kier alpha value is -0.900. The van der Waals surface area contributed by atoms with Crippen molar-refractivity contribution in [3.05, 3.63) is 11.9 Å². The smallest absolute Gasteiger partial charge is 0.108 e. The molecule has 1 heterocycles. The van der Waals surface area contributed by atoms with Gasteiger partial charge < -0.3 is 5.11 Å². The van der Waals surface area contributed by atoms with Crippen molar-refractivity contribution in [1.82, 2.24) is 15.0 Å². The molecule has 0 aliphatic carbocycles. The van der Waals surface area contributed by atoms with Crippen molar-refractivity contribution in [3.63, 3.8) is 0 Å². The van der Waals surface area contributed by atoms with Crippen LogP contribution in [0.5, 0.6) is 0 Å². The lowest BCUT2D eigenvalue weighted by molar-refractivity contribution is 0.276. The van der Waals surface area contributed by atoms with Crippen molar-refractivity contribution >= 4 is 0 Å². The number of nitrogens with zero attached hydrogens (tertiary/aromatic N) is 3. The van der Waals surface area contributed by atoms with E-state index in [0.717, 1.165) is 13.0 Å². The van der Waals surface area contributed by atoms with E-state index in [1.807, 2.05) is 10.9 Å². The third-order valence-corrected chi connectivity index (χ3v) is 3.99. The van der Waals surface area contributed by atoms with E-state index in [9.17, 15) is 0 Å². The van der Waals surface area contributed by atoms with Crippen molar-refractivity contribution in [2.24, 2.45) is 0 Å². The zero-order chi connectivity index (χ0) is 15.2. The molecule has 0 bridgehead atoms. The van der Waals surface area contributed by atoms with Crippen molar-refractivity contribution in [3.8, 4) is 0 Å². The molecule has 0 fully saturated rings. The third kappa shape index (κ3) is 9.62. The molecule has 4 heteroatoms. The number of aliphatic hydroxyl groups excluding tert-OH is 1. The third-order valence-electron chi connectivity index (χ3n) is 3.99. The van der Waals surface area contributed by atoms with Gasteiger partial charge in [-0.15, -0.1) is 5.10 Å². The number of unbranched alkanes of at least 4 members (excludes halogenated alkanes) is 11. The minimum atomic E-state index is -0.0154. The summed E-state index contributed by atoms with van der Waals surface area (Å²) in [5, 5.41) is 16.8. The standard InChI is InChI=1S/C17H33N3O/c1-2-3-4-5-6-7-8-9-10-11-12-13-14-20-15-17(16-21)18-19-20/h15,21H,2-14,16H2,1H3. The van der Waals surface area contributed by atoms with E-state index in [1.165, 1.54) is 70.6 Å². The predicted octanol–water partition coefficient (Wildman–Crippen LogP) is 4.47. The molecule has 1 aromatic heterocycles. The monoisotopic (exact) mass is 295 g/mol. The number of rotatable bonds is 14. The van der Waals surface area contributed by atoms with Gasteiger partial charge in [0.25, 0.3) is 0 Å². The van der Waals surface area contributed by atoms with Crippen LogP contribution in [0.2, 0.25) is 0 Å². The summed E-state index contributed by atoms with van der Waals surface area (Å²) in [5.41, 5.74) is 0.661. The molecule has 0 unspecified atom stereocenters. The molecule has 1 rings (SSSR count).